The van der Waals surface area contributed by atoms with E-state index in [0.29, 0.717) is 0 Å². The molecule has 0 aromatic carbocycles. The Hall–Kier alpha value is -0.140. The van der Waals surface area contributed by atoms with Gasteiger partial charge in [0.15, 0.2) is 0 Å². The lowest BCUT2D eigenvalue weighted by atomic mass is 11.5. The van der Waals surface area contributed by atoms with Gasteiger partial charge in [-0.2, -0.15) is 26.3 Å². The van der Waals surface area contributed by atoms with Gasteiger partial charge in [-0.05, 0) is 0 Å². The summed E-state index contributed by atoms with van der Waals surface area (Å²) in [7, 11) is -14.4. The van der Waals surface area contributed by atoms with E-state index in [1.807, 2.05) is 0 Å². The molecule has 0 fully saturated rings. The molecule has 0 unspecified atom stereocenters. The Morgan fingerprint density at radius 2 is 1.07 bits per heavy atom. The third-order valence-electron chi connectivity index (χ3n) is 0.971. The number of hydrogen-bond donors (Lipinski definition) is 1. The summed E-state index contributed by atoms with van der Waals surface area (Å²) in [6, 6.07) is 0. The van der Waals surface area contributed by atoms with E-state index >= 15 is 0 Å². The summed E-state index contributed by atoms with van der Waals surface area (Å²) in [4.78, 5) is -0.660. The highest BCUT2D eigenvalue weighted by atomic mass is 31.3. The number of alkyl halides is 6. The molecular formula is C2HF8NO2P2. The van der Waals surface area contributed by atoms with Gasteiger partial charge in [-0.3, -0.25) is 4.57 Å². The molecule has 92 valence electrons. The van der Waals surface area contributed by atoms with E-state index in [1.165, 1.54) is 0 Å². The summed E-state index contributed by atoms with van der Waals surface area (Å²) in [5.41, 5.74) is 0. The summed E-state index contributed by atoms with van der Waals surface area (Å²) in [6.07, 6.45) is 0. The average Bonchev–Trinajstić information content (AvgIpc) is 1.77. The molecule has 0 bridgehead atoms. The molecule has 15 heavy (non-hydrogen) atoms. The Morgan fingerprint density at radius 3 is 1.13 bits per heavy atom. The molecule has 1 N–H and O–H groups in total. The zero-order valence-electron chi connectivity index (χ0n) is 6.23. The summed E-state index contributed by atoms with van der Waals surface area (Å²) in [6.45, 7) is 0. The van der Waals surface area contributed by atoms with Crippen LogP contribution in [0.25, 0.3) is 0 Å². The third-order valence-corrected chi connectivity index (χ3v) is 4.46. The molecule has 0 amide bonds. The monoisotopic (exact) mass is 285 g/mol. The van der Waals surface area contributed by atoms with Crippen molar-refractivity contribution in [3.63, 3.8) is 0 Å². The van der Waals surface area contributed by atoms with Crippen molar-refractivity contribution in [2.75, 3.05) is 0 Å². The molecule has 0 saturated carbocycles. The van der Waals surface area contributed by atoms with Crippen molar-refractivity contribution in [1.29, 1.82) is 0 Å². The molecular weight excluding hydrogens is 284 g/mol. The van der Waals surface area contributed by atoms with Gasteiger partial charge >= 0.3 is 27.0 Å². The second kappa shape index (κ2) is 3.71. The van der Waals surface area contributed by atoms with Crippen molar-refractivity contribution in [2.24, 2.45) is 0 Å². The van der Waals surface area contributed by atoms with Gasteiger partial charge in [0.2, 0.25) is 0 Å². The van der Waals surface area contributed by atoms with E-state index in [0.717, 1.165) is 0 Å². The van der Waals surface area contributed by atoms with Crippen molar-refractivity contribution in [1.82, 2.24) is 4.86 Å². The SMILES string of the molecule is O=P(F)(F)NP(=O)(C(F)(F)F)C(F)(F)F. The zero-order valence-corrected chi connectivity index (χ0v) is 8.02. The Bertz CT molecular complexity index is 307. The molecule has 0 rings (SSSR count). The number of halogens is 8. The molecule has 3 nitrogen and oxygen atoms in total. The molecule has 0 aromatic heterocycles. The molecule has 0 aliphatic carbocycles. The Labute approximate surface area is 76.9 Å². The smallest absolute Gasteiger partial charge is 0.287 e. The standard InChI is InChI=1S/C2HF8NO2P2/c3-1(4,5)14(12,2(6,7)8)11-15(9,10)13/h(H,11,12,13). The van der Waals surface area contributed by atoms with Gasteiger partial charge in [0, 0.05) is 0 Å². The summed E-state index contributed by atoms with van der Waals surface area (Å²) in [5.74, 6) is -13.0. The molecule has 0 heterocycles. The van der Waals surface area contributed by atoms with Gasteiger partial charge in [-0.25, -0.2) is 4.57 Å². The van der Waals surface area contributed by atoms with Crippen molar-refractivity contribution in [3.8, 4) is 0 Å². The average molecular weight is 285 g/mol. The van der Waals surface area contributed by atoms with Gasteiger partial charge in [0.05, 0.1) is 0 Å². The molecule has 0 atom stereocenters. The van der Waals surface area contributed by atoms with E-state index in [2.05, 4.69) is 0 Å². The minimum atomic E-state index is -7.47. The molecule has 13 heteroatoms. The van der Waals surface area contributed by atoms with E-state index < -0.39 is 31.9 Å². The van der Waals surface area contributed by atoms with Crippen molar-refractivity contribution < 1.29 is 43.9 Å². The first-order valence-electron chi connectivity index (χ1n) is 2.73. The Balaban J connectivity index is 5.47. The predicted molar refractivity (Wildman–Crippen MR) is 32.7 cm³/mol. The number of nitrogens with one attached hydrogen (secondary N) is 1. The molecule has 0 aliphatic heterocycles. The van der Waals surface area contributed by atoms with Crippen LogP contribution in [0.1, 0.15) is 0 Å². The molecule has 0 saturated heterocycles. The highest BCUT2D eigenvalue weighted by molar-refractivity contribution is 7.74. The minimum Gasteiger partial charge on any atom is -0.287 e. The summed E-state index contributed by atoms with van der Waals surface area (Å²) in [5, 5.41) is 0. The molecule has 0 radical (unpaired) electrons. The maximum Gasteiger partial charge on any atom is 0.486 e. The maximum atomic E-state index is 11.6. The second-order valence-electron chi connectivity index (χ2n) is 2.11. The normalized spacial score (nSPS) is 15.5. The lowest BCUT2D eigenvalue weighted by Crippen LogP contribution is -2.29. The van der Waals surface area contributed by atoms with Crippen LogP contribution in [0.5, 0.6) is 0 Å². The van der Waals surface area contributed by atoms with Crippen LogP contribution in [0.15, 0.2) is 0 Å². The first-order valence-corrected chi connectivity index (χ1v) is 5.93. The second-order valence-corrected chi connectivity index (χ2v) is 6.06. The van der Waals surface area contributed by atoms with E-state index in [9.17, 15) is 43.9 Å². The summed E-state index contributed by atoms with van der Waals surface area (Å²) < 4.78 is 113. The Morgan fingerprint density at radius 1 is 0.800 bits per heavy atom. The van der Waals surface area contributed by atoms with Crippen LogP contribution in [-0.2, 0) is 9.13 Å². The Kier molecular flexibility index (Phi) is 3.67. The van der Waals surface area contributed by atoms with Crippen molar-refractivity contribution in [3.05, 3.63) is 0 Å². The number of hydrogen-bond acceptors (Lipinski definition) is 2. The van der Waals surface area contributed by atoms with Gasteiger partial charge in [0.25, 0.3) is 0 Å². The van der Waals surface area contributed by atoms with Crippen LogP contribution in [0, 0.1) is 0 Å². The van der Waals surface area contributed by atoms with E-state index in [1.54, 1.807) is 0 Å². The van der Waals surface area contributed by atoms with Gasteiger partial charge in [-0.1, -0.05) is 0 Å². The van der Waals surface area contributed by atoms with Gasteiger partial charge in [0.1, 0.15) is 0 Å². The van der Waals surface area contributed by atoms with Gasteiger partial charge in [-0.15, -0.1) is 13.3 Å². The third kappa shape index (κ3) is 3.42. The molecule has 0 aromatic rings. The van der Waals surface area contributed by atoms with E-state index in [-0.39, 0.29) is 0 Å². The van der Waals surface area contributed by atoms with Gasteiger partial charge < -0.3 is 0 Å². The van der Waals surface area contributed by atoms with Crippen LogP contribution in [0.3, 0.4) is 0 Å². The largest absolute Gasteiger partial charge is 0.486 e. The maximum absolute atomic E-state index is 11.6. The summed E-state index contributed by atoms with van der Waals surface area (Å²) >= 11 is 0. The fourth-order valence-corrected chi connectivity index (χ4v) is 2.93. The van der Waals surface area contributed by atoms with Crippen LogP contribution in [0.2, 0.25) is 0 Å². The van der Waals surface area contributed by atoms with Crippen LogP contribution in [0.4, 0.5) is 34.7 Å². The lowest BCUT2D eigenvalue weighted by molar-refractivity contribution is -0.0953. The number of rotatable bonds is 2. The van der Waals surface area contributed by atoms with Crippen LogP contribution in [-0.4, -0.2) is 11.8 Å². The first kappa shape index (κ1) is 14.9. The topological polar surface area (TPSA) is 46.2 Å². The quantitative estimate of drug-likeness (QED) is 0.617. The highest BCUT2D eigenvalue weighted by Gasteiger charge is 2.70. The fourth-order valence-electron chi connectivity index (χ4n) is 0.421. The van der Waals surface area contributed by atoms with Crippen molar-refractivity contribution >= 4 is 15.2 Å². The first-order chi connectivity index (χ1) is 6.21. The molecule has 0 spiro atoms. The minimum absolute atomic E-state index is 0.660. The molecule has 0 aliphatic rings. The van der Waals surface area contributed by atoms with Crippen molar-refractivity contribution in [2.45, 2.75) is 11.8 Å². The highest BCUT2D eigenvalue weighted by Crippen LogP contribution is 2.73. The van der Waals surface area contributed by atoms with Crippen LogP contribution < -0.4 is 4.86 Å². The predicted octanol–water partition coefficient (Wildman–Crippen LogP) is 3.94. The lowest BCUT2D eigenvalue weighted by Gasteiger charge is -2.22. The van der Waals surface area contributed by atoms with Crippen LogP contribution >= 0.6 is 15.2 Å². The fraction of sp³-hybridized carbons (Fsp3) is 1.00. The van der Waals surface area contributed by atoms with E-state index in [4.69, 9.17) is 0 Å². The zero-order chi connectivity index (χ0) is 12.7.